The van der Waals surface area contributed by atoms with E-state index >= 15 is 0 Å². The SMILES string of the molecule is O=C(C#C[I+]c1ccccc1)N1CCOCC1. The zero-order valence-corrected chi connectivity index (χ0v) is 11.5. The van der Waals surface area contributed by atoms with Gasteiger partial charge >= 0.3 is 27.1 Å². The standard InChI is InChI=1S/C13H13INO2/c16-13(15-8-10-17-11-9-15)6-7-14-12-4-2-1-3-5-12/h1-5H,8-11H2/q+1. The van der Waals surface area contributed by atoms with E-state index in [0.717, 1.165) is 0 Å². The van der Waals surface area contributed by atoms with E-state index in [1.807, 2.05) is 18.2 Å². The maximum absolute atomic E-state index is 11.7. The van der Waals surface area contributed by atoms with Gasteiger partial charge in [-0.3, -0.25) is 4.79 Å². The van der Waals surface area contributed by atoms with Crippen molar-refractivity contribution in [3.8, 4) is 9.85 Å². The maximum Gasteiger partial charge on any atom is 0.420 e. The van der Waals surface area contributed by atoms with E-state index < -0.39 is 0 Å². The molecule has 2 rings (SSSR count). The van der Waals surface area contributed by atoms with Crippen molar-refractivity contribution < 1.29 is 30.7 Å². The van der Waals surface area contributed by atoms with Gasteiger partial charge in [-0.25, -0.2) is 0 Å². The first-order valence-corrected chi connectivity index (χ1v) is 7.58. The Morgan fingerprint density at radius 2 is 1.94 bits per heavy atom. The van der Waals surface area contributed by atoms with Gasteiger partial charge in [0, 0.05) is 13.1 Å². The molecule has 88 valence electrons. The van der Waals surface area contributed by atoms with Crippen LogP contribution in [0.25, 0.3) is 0 Å². The lowest BCUT2D eigenvalue weighted by Gasteiger charge is -2.24. The Morgan fingerprint density at radius 3 is 2.65 bits per heavy atom. The summed E-state index contributed by atoms with van der Waals surface area (Å²) >= 11 is -0.369. The summed E-state index contributed by atoms with van der Waals surface area (Å²) in [6, 6.07) is 10.1. The Morgan fingerprint density at radius 1 is 1.24 bits per heavy atom. The van der Waals surface area contributed by atoms with E-state index in [4.69, 9.17) is 4.74 Å². The number of amides is 1. The highest BCUT2D eigenvalue weighted by atomic mass is 127. The highest BCUT2D eigenvalue weighted by Gasteiger charge is 2.15. The summed E-state index contributed by atoms with van der Waals surface area (Å²) in [4.78, 5) is 13.5. The van der Waals surface area contributed by atoms with E-state index in [-0.39, 0.29) is 27.1 Å². The molecule has 0 atom stereocenters. The minimum absolute atomic E-state index is 0.0658. The van der Waals surface area contributed by atoms with E-state index in [0.29, 0.717) is 26.3 Å². The van der Waals surface area contributed by atoms with E-state index in [2.05, 4.69) is 22.0 Å². The van der Waals surface area contributed by atoms with Crippen LogP contribution in [0.1, 0.15) is 0 Å². The minimum atomic E-state index is -0.369. The Bertz CT molecular complexity index is 430. The number of morpholine rings is 1. The maximum atomic E-state index is 11.7. The van der Waals surface area contributed by atoms with Crippen LogP contribution in [0.2, 0.25) is 0 Å². The van der Waals surface area contributed by atoms with Crippen molar-refractivity contribution in [3.63, 3.8) is 0 Å². The molecular formula is C13H13INO2+. The van der Waals surface area contributed by atoms with E-state index in [9.17, 15) is 4.79 Å². The van der Waals surface area contributed by atoms with Crippen LogP contribution in [0.5, 0.6) is 0 Å². The molecule has 1 aliphatic heterocycles. The number of halogens is 1. The van der Waals surface area contributed by atoms with Gasteiger partial charge < -0.3 is 9.64 Å². The van der Waals surface area contributed by atoms with E-state index in [1.165, 1.54) is 3.57 Å². The van der Waals surface area contributed by atoms with Crippen molar-refractivity contribution in [1.82, 2.24) is 4.90 Å². The average Bonchev–Trinajstić information content (AvgIpc) is 2.41. The highest BCUT2D eigenvalue weighted by molar-refractivity contribution is 5.93. The summed E-state index contributed by atoms with van der Waals surface area (Å²) in [6.45, 7) is 2.58. The number of ether oxygens (including phenoxy) is 1. The van der Waals surface area contributed by atoms with Gasteiger partial charge in [-0.15, -0.1) is 0 Å². The zero-order chi connectivity index (χ0) is 11.9. The van der Waals surface area contributed by atoms with Crippen molar-refractivity contribution in [2.24, 2.45) is 0 Å². The van der Waals surface area contributed by atoms with E-state index in [1.54, 1.807) is 4.90 Å². The summed E-state index contributed by atoms with van der Waals surface area (Å²) < 4.78 is 9.46. The predicted octanol–water partition coefficient (Wildman–Crippen LogP) is -2.24. The molecule has 3 nitrogen and oxygen atoms in total. The molecule has 0 N–H and O–H groups in total. The highest BCUT2D eigenvalue weighted by Crippen LogP contribution is 1.95. The minimum Gasteiger partial charge on any atom is -0.378 e. The lowest BCUT2D eigenvalue weighted by Crippen LogP contribution is -3.59. The lowest BCUT2D eigenvalue weighted by molar-refractivity contribution is -0.535. The van der Waals surface area contributed by atoms with Crippen LogP contribution >= 0.6 is 0 Å². The molecular weight excluding hydrogens is 329 g/mol. The topological polar surface area (TPSA) is 29.5 Å². The van der Waals surface area contributed by atoms with Gasteiger partial charge in [0.1, 0.15) is 0 Å². The quantitative estimate of drug-likeness (QED) is 0.427. The van der Waals surface area contributed by atoms with Crippen molar-refractivity contribution in [1.29, 1.82) is 0 Å². The molecule has 0 aliphatic carbocycles. The first-order chi connectivity index (χ1) is 8.36. The Balaban J connectivity index is 1.86. The molecule has 1 saturated heterocycles. The first-order valence-electron chi connectivity index (χ1n) is 5.43. The van der Waals surface area contributed by atoms with Crippen molar-refractivity contribution >= 4 is 5.91 Å². The number of rotatable bonds is 1. The van der Waals surface area contributed by atoms with Crippen molar-refractivity contribution in [2.75, 3.05) is 26.3 Å². The largest absolute Gasteiger partial charge is 0.420 e. The summed E-state index contributed by atoms with van der Waals surface area (Å²) in [5.74, 6) is 2.67. The molecule has 0 aromatic heterocycles. The third kappa shape index (κ3) is 4.02. The molecule has 0 spiro atoms. The van der Waals surface area contributed by atoms with Crippen molar-refractivity contribution in [2.45, 2.75) is 0 Å². The Hall–Kier alpha value is -1.06. The number of benzene rings is 1. The molecule has 1 aromatic rings. The number of carbonyl (C=O) groups is 1. The lowest BCUT2D eigenvalue weighted by atomic mass is 10.4. The van der Waals surface area contributed by atoms with Gasteiger partial charge in [-0.2, -0.15) is 0 Å². The fourth-order valence-electron chi connectivity index (χ4n) is 1.44. The van der Waals surface area contributed by atoms with Crippen LogP contribution in [0.4, 0.5) is 0 Å². The van der Waals surface area contributed by atoms with Gasteiger partial charge in [0.15, 0.2) is 3.93 Å². The van der Waals surface area contributed by atoms with Crippen LogP contribution in [0.15, 0.2) is 30.3 Å². The van der Waals surface area contributed by atoms with Gasteiger partial charge in [0.25, 0.3) is 0 Å². The summed E-state index contributed by atoms with van der Waals surface area (Å²) in [5.41, 5.74) is 0. The second-order valence-electron chi connectivity index (χ2n) is 3.51. The molecule has 1 aliphatic rings. The van der Waals surface area contributed by atoms with Crippen LogP contribution < -0.4 is 21.2 Å². The molecule has 1 heterocycles. The van der Waals surface area contributed by atoms with Crippen LogP contribution in [-0.4, -0.2) is 37.1 Å². The molecule has 0 saturated carbocycles. The second-order valence-corrected chi connectivity index (χ2v) is 5.84. The molecule has 1 fully saturated rings. The molecule has 1 amide bonds. The number of nitrogens with zero attached hydrogens (tertiary/aromatic N) is 1. The molecule has 0 unspecified atom stereocenters. The third-order valence-corrected chi connectivity index (χ3v) is 4.22. The summed E-state index contributed by atoms with van der Waals surface area (Å²) in [6.07, 6.45) is 0. The van der Waals surface area contributed by atoms with Crippen LogP contribution in [-0.2, 0) is 9.53 Å². The Labute approximate surface area is 111 Å². The number of hydrogen-bond acceptors (Lipinski definition) is 2. The van der Waals surface area contributed by atoms with Crippen LogP contribution in [0, 0.1) is 13.4 Å². The van der Waals surface area contributed by atoms with Gasteiger partial charge in [0.05, 0.1) is 19.1 Å². The monoisotopic (exact) mass is 342 g/mol. The van der Waals surface area contributed by atoms with Gasteiger partial charge in [0.2, 0.25) is 3.57 Å². The normalized spacial score (nSPS) is 14.9. The molecule has 0 radical (unpaired) electrons. The van der Waals surface area contributed by atoms with Crippen molar-refractivity contribution in [3.05, 3.63) is 33.9 Å². The summed E-state index contributed by atoms with van der Waals surface area (Å²) in [7, 11) is 0. The molecule has 4 heteroatoms. The first kappa shape index (κ1) is 12.4. The van der Waals surface area contributed by atoms with Gasteiger partial charge in [-0.05, 0) is 12.1 Å². The molecule has 0 bridgehead atoms. The fraction of sp³-hybridized carbons (Fsp3) is 0.308. The smallest absolute Gasteiger partial charge is 0.378 e. The number of hydrogen-bond donors (Lipinski definition) is 0. The predicted molar refractivity (Wildman–Crippen MR) is 60.3 cm³/mol. The Kier molecular flexibility index (Phi) is 4.83. The third-order valence-electron chi connectivity index (χ3n) is 2.34. The molecule has 1 aromatic carbocycles. The van der Waals surface area contributed by atoms with Gasteiger partial charge in [-0.1, -0.05) is 18.2 Å². The summed E-state index contributed by atoms with van der Waals surface area (Å²) in [5, 5.41) is 0. The average molecular weight is 342 g/mol. The van der Waals surface area contributed by atoms with Crippen LogP contribution in [0.3, 0.4) is 0 Å². The zero-order valence-electron chi connectivity index (χ0n) is 9.36. The number of carbonyl (C=O) groups excluding carboxylic acids is 1. The fourth-order valence-corrected chi connectivity index (χ4v) is 2.89. The second kappa shape index (κ2) is 6.62. The molecule has 17 heavy (non-hydrogen) atoms.